The zero-order valence-electron chi connectivity index (χ0n) is 13.8. The van der Waals surface area contributed by atoms with Gasteiger partial charge < -0.3 is 14.7 Å². The van der Waals surface area contributed by atoms with E-state index in [0.29, 0.717) is 22.3 Å². The average Bonchev–Trinajstić information content (AvgIpc) is 2.64. The van der Waals surface area contributed by atoms with Crippen molar-refractivity contribution in [2.75, 3.05) is 44.2 Å². The number of benzene rings is 1. The minimum atomic E-state index is -0.587. The second-order valence-electron chi connectivity index (χ2n) is 6.02. The molecule has 25 heavy (non-hydrogen) atoms. The number of nitrogens with zero attached hydrogens (tertiary/aromatic N) is 3. The summed E-state index contributed by atoms with van der Waals surface area (Å²) in [7, 11) is 0. The highest BCUT2D eigenvalue weighted by Gasteiger charge is 2.20. The van der Waals surface area contributed by atoms with Gasteiger partial charge in [0, 0.05) is 50.0 Å². The maximum Gasteiger partial charge on any atom is 0.139 e. The van der Waals surface area contributed by atoms with Gasteiger partial charge >= 0.3 is 0 Å². The SMILES string of the molecule is OC(COc1cc(Cl)ccc1Cl)CN1CCN(c2ccccn2)CC1. The topological polar surface area (TPSA) is 48.8 Å². The highest BCUT2D eigenvalue weighted by molar-refractivity contribution is 6.34. The Balaban J connectivity index is 1.43. The second-order valence-corrected chi connectivity index (χ2v) is 6.86. The molecular formula is C18H21Cl2N3O2. The Bertz CT molecular complexity index is 679. The Kier molecular flexibility index (Phi) is 6.37. The summed E-state index contributed by atoms with van der Waals surface area (Å²) in [6, 6.07) is 11.0. The van der Waals surface area contributed by atoms with Crippen LogP contribution in [0.15, 0.2) is 42.6 Å². The van der Waals surface area contributed by atoms with Crippen molar-refractivity contribution in [2.45, 2.75) is 6.10 Å². The summed E-state index contributed by atoms with van der Waals surface area (Å²) in [5.74, 6) is 1.50. The predicted octanol–water partition coefficient (Wildman–Crippen LogP) is 2.95. The van der Waals surface area contributed by atoms with E-state index < -0.39 is 6.10 Å². The van der Waals surface area contributed by atoms with Gasteiger partial charge in [-0.15, -0.1) is 0 Å². The molecule has 134 valence electrons. The van der Waals surface area contributed by atoms with Gasteiger partial charge in [0.25, 0.3) is 0 Å². The number of halogens is 2. The van der Waals surface area contributed by atoms with Crippen LogP contribution in [0.5, 0.6) is 5.75 Å². The molecule has 1 aliphatic heterocycles. The molecule has 1 unspecified atom stereocenters. The van der Waals surface area contributed by atoms with Crippen molar-refractivity contribution in [3.63, 3.8) is 0 Å². The first kappa shape index (κ1) is 18.3. The van der Waals surface area contributed by atoms with Gasteiger partial charge in [-0.05, 0) is 24.3 Å². The van der Waals surface area contributed by atoms with E-state index in [1.54, 1.807) is 18.2 Å². The number of piperazine rings is 1. The van der Waals surface area contributed by atoms with Crippen LogP contribution < -0.4 is 9.64 Å². The van der Waals surface area contributed by atoms with Gasteiger partial charge in [0.1, 0.15) is 24.3 Å². The molecular weight excluding hydrogens is 361 g/mol. The Morgan fingerprint density at radius 1 is 1.12 bits per heavy atom. The largest absolute Gasteiger partial charge is 0.489 e. The van der Waals surface area contributed by atoms with E-state index in [9.17, 15) is 5.11 Å². The number of aromatic nitrogens is 1. The number of hydrogen-bond donors (Lipinski definition) is 1. The number of hydrogen-bond acceptors (Lipinski definition) is 5. The zero-order chi connectivity index (χ0) is 17.6. The van der Waals surface area contributed by atoms with E-state index in [0.717, 1.165) is 32.0 Å². The maximum absolute atomic E-state index is 10.2. The van der Waals surface area contributed by atoms with E-state index in [2.05, 4.69) is 14.8 Å². The number of ether oxygens (including phenoxy) is 1. The van der Waals surface area contributed by atoms with Crippen LogP contribution in [-0.4, -0.2) is 60.4 Å². The van der Waals surface area contributed by atoms with Gasteiger partial charge in [-0.2, -0.15) is 0 Å². The molecule has 2 heterocycles. The summed E-state index contributed by atoms with van der Waals surface area (Å²) in [5, 5.41) is 11.3. The number of aliphatic hydroxyl groups excluding tert-OH is 1. The van der Waals surface area contributed by atoms with E-state index >= 15 is 0 Å². The minimum Gasteiger partial charge on any atom is -0.489 e. The first-order valence-corrected chi connectivity index (χ1v) is 9.01. The molecule has 0 amide bonds. The summed E-state index contributed by atoms with van der Waals surface area (Å²) in [6.07, 6.45) is 1.22. The molecule has 0 bridgehead atoms. The van der Waals surface area contributed by atoms with Crippen LogP contribution in [0.4, 0.5) is 5.82 Å². The monoisotopic (exact) mass is 381 g/mol. The summed E-state index contributed by atoms with van der Waals surface area (Å²) in [5.41, 5.74) is 0. The first-order chi connectivity index (χ1) is 12.1. The molecule has 1 aliphatic rings. The van der Waals surface area contributed by atoms with Crippen molar-refractivity contribution >= 4 is 29.0 Å². The molecule has 5 nitrogen and oxygen atoms in total. The highest BCUT2D eigenvalue weighted by atomic mass is 35.5. The molecule has 0 spiro atoms. The van der Waals surface area contributed by atoms with Crippen molar-refractivity contribution < 1.29 is 9.84 Å². The molecule has 1 saturated heterocycles. The number of β-amino-alcohol motifs (C(OH)–C–C–N with tert-alkyl or cyclic N) is 1. The van der Waals surface area contributed by atoms with E-state index in [1.165, 1.54) is 0 Å². The molecule has 3 rings (SSSR count). The van der Waals surface area contributed by atoms with Crippen LogP contribution in [0.1, 0.15) is 0 Å². The van der Waals surface area contributed by atoms with Crippen molar-refractivity contribution in [1.82, 2.24) is 9.88 Å². The van der Waals surface area contributed by atoms with Crippen LogP contribution in [-0.2, 0) is 0 Å². The molecule has 0 radical (unpaired) electrons. The van der Waals surface area contributed by atoms with E-state index in [4.69, 9.17) is 27.9 Å². The summed E-state index contributed by atoms with van der Waals surface area (Å²) >= 11 is 12.0. The molecule has 0 saturated carbocycles. The summed E-state index contributed by atoms with van der Waals surface area (Å²) in [4.78, 5) is 8.87. The Hall–Kier alpha value is -1.53. The molecule has 2 aromatic rings. The third-order valence-electron chi connectivity index (χ3n) is 4.14. The van der Waals surface area contributed by atoms with Crippen LogP contribution in [0.25, 0.3) is 0 Å². The number of anilines is 1. The number of aliphatic hydroxyl groups is 1. The van der Waals surface area contributed by atoms with E-state index in [-0.39, 0.29) is 6.61 Å². The van der Waals surface area contributed by atoms with Crippen molar-refractivity contribution in [2.24, 2.45) is 0 Å². The van der Waals surface area contributed by atoms with Gasteiger partial charge in [0.15, 0.2) is 0 Å². The summed E-state index contributed by atoms with van der Waals surface area (Å²) in [6.45, 7) is 4.29. The number of rotatable bonds is 6. The molecule has 7 heteroatoms. The van der Waals surface area contributed by atoms with Crippen molar-refractivity contribution in [3.8, 4) is 5.75 Å². The molecule has 1 N–H and O–H groups in total. The van der Waals surface area contributed by atoms with Gasteiger partial charge in [-0.25, -0.2) is 4.98 Å². The van der Waals surface area contributed by atoms with Gasteiger partial charge in [0.2, 0.25) is 0 Å². The molecule has 1 fully saturated rings. The van der Waals surface area contributed by atoms with Gasteiger partial charge in [-0.1, -0.05) is 29.3 Å². The van der Waals surface area contributed by atoms with Crippen molar-refractivity contribution in [3.05, 3.63) is 52.6 Å². The second kappa shape index (κ2) is 8.72. The fourth-order valence-electron chi connectivity index (χ4n) is 2.82. The van der Waals surface area contributed by atoms with E-state index in [1.807, 2.05) is 24.4 Å². The van der Waals surface area contributed by atoms with Gasteiger partial charge in [0.05, 0.1) is 5.02 Å². The smallest absolute Gasteiger partial charge is 0.139 e. The third kappa shape index (κ3) is 5.22. The van der Waals surface area contributed by atoms with Crippen LogP contribution >= 0.6 is 23.2 Å². The number of pyridine rings is 1. The van der Waals surface area contributed by atoms with Crippen LogP contribution in [0, 0.1) is 0 Å². The van der Waals surface area contributed by atoms with Gasteiger partial charge in [-0.3, -0.25) is 4.90 Å². The quantitative estimate of drug-likeness (QED) is 0.833. The first-order valence-electron chi connectivity index (χ1n) is 8.26. The fraction of sp³-hybridized carbons (Fsp3) is 0.389. The van der Waals surface area contributed by atoms with Crippen LogP contribution in [0.2, 0.25) is 10.0 Å². The predicted molar refractivity (Wildman–Crippen MR) is 101 cm³/mol. The Labute approximate surface area is 157 Å². The lowest BCUT2D eigenvalue weighted by atomic mass is 10.2. The average molecular weight is 382 g/mol. The lowest BCUT2D eigenvalue weighted by molar-refractivity contribution is 0.0663. The standard InChI is InChI=1S/C18H21Cl2N3O2/c19-14-4-5-16(20)17(11-14)25-13-15(24)12-22-7-9-23(10-8-22)18-3-1-2-6-21-18/h1-6,11,15,24H,7-10,12-13H2. The van der Waals surface area contributed by atoms with Crippen LogP contribution in [0.3, 0.4) is 0 Å². The maximum atomic E-state index is 10.2. The Morgan fingerprint density at radius 3 is 2.64 bits per heavy atom. The molecule has 1 atom stereocenters. The fourth-order valence-corrected chi connectivity index (χ4v) is 3.16. The lowest BCUT2D eigenvalue weighted by Crippen LogP contribution is -2.49. The third-order valence-corrected chi connectivity index (χ3v) is 4.69. The minimum absolute atomic E-state index is 0.181. The molecule has 1 aromatic carbocycles. The Morgan fingerprint density at radius 2 is 1.92 bits per heavy atom. The highest BCUT2D eigenvalue weighted by Crippen LogP contribution is 2.27. The summed E-state index contributed by atoms with van der Waals surface area (Å²) < 4.78 is 5.60. The lowest BCUT2D eigenvalue weighted by Gasteiger charge is -2.36. The molecule has 0 aliphatic carbocycles. The van der Waals surface area contributed by atoms with Crippen molar-refractivity contribution in [1.29, 1.82) is 0 Å². The molecule has 1 aromatic heterocycles. The normalized spacial score (nSPS) is 16.7. The zero-order valence-corrected chi connectivity index (χ0v) is 15.3.